The van der Waals surface area contributed by atoms with Gasteiger partial charge in [-0.05, 0) is 0 Å². The van der Waals surface area contributed by atoms with Crippen LogP contribution in [0.4, 0.5) is 8.78 Å². The monoisotopic (exact) mass is 248 g/mol. The molecule has 1 amide bonds. The molecule has 0 fully saturated rings. The zero-order valence-electron chi connectivity index (χ0n) is 8.89. The first-order valence-electron chi connectivity index (χ1n) is 4.62. The number of halogens is 2. The predicted octanol–water partition coefficient (Wildman–Crippen LogP) is 1.16. The van der Waals surface area contributed by atoms with E-state index in [9.17, 15) is 18.4 Å². The molecule has 0 aliphatic rings. The molecule has 0 atom stereocenters. The summed E-state index contributed by atoms with van der Waals surface area (Å²) in [5.41, 5.74) is -0.739. The lowest BCUT2D eigenvalue weighted by atomic mass is 10.3. The van der Waals surface area contributed by atoms with E-state index < -0.39 is 29.8 Å². The summed E-state index contributed by atoms with van der Waals surface area (Å²) in [5, 5.41) is 8.42. The van der Waals surface area contributed by atoms with Crippen LogP contribution >= 0.6 is 0 Å². The molecule has 0 saturated carbocycles. The Kier molecular flexibility index (Phi) is 4.13. The van der Waals surface area contributed by atoms with E-state index in [1.54, 1.807) is 0 Å². The molecule has 1 aromatic rings. The van der Waals surface area contributed by atoms with Gasteiger partial charge < -0.3 is 14.4 Å². The Hall–Kier alpha value is -1.99. The lowest BCUT2D eigenvalue weighted by molar-refractivity contribution is -0.137. The second-order valence-electron chi connectivity index (χ2n) is 3.24. The molecular weight excluding hydrogens is 238 g/mol. The number of carbonyl (C=O) groups is 2. The molecule has 0 spiro atoms. The van der Waals surface area contributed by atoms with Gasteiger partial charge in [0.2, 0.25) is 5.76 Å². The van der Waals surface area contributed by atoms with Gasteiger partial charge in [-0.1, -0.05) is 0 Å². The Labute approximate surface area is 94.8 Å². The molecule has 6 nitrogen and oxygen atoms in total. The van der Waals surface area contributed by atoms with Gasteiger partial charge in [0.15, 0.2) is 12.1 Å². The van der Waals surface area contributed by atoms with Gasteiger partial charge in [-0.2, -0.15) is 0 Å². The van der Waals surface area contributed by atoms with Crippen molar-refractivity contribution in [1.29, 1.82) is 0 Å². The van der Waals surface area contributed by atoms with Crippen molar-refractivity contribution in [3.63, 3.8) is 0 Å². The Balaban J connectivity index is 2.74. The average Bonchev–Trinajstić information content (AvgIpc) is 2.73. The van der Waals surface area contributed by atoms with E-state index in [1.165, 1.54) is 7.05 Å². The molecule has 0 saturated heterocycles. The maximum atomic E-state index is 12.4. The summed E-state index contributed by atoms with van der Waals surface area (Å²) in [7, 11) is 1.29. The third-order valence-corrected chi connectivity index (χ3v) is 2.00. The molecule has 1 heterocycles. The summed E-state index contributed by atoms with van der Waals surface area (Å²) < 4.78 is 29.4. The molecule has 17 heavy (non-hydrogen) atoms. The standard InChI is InChI=1S/C9H10F2N2O4/c1-13(3-2-5(14)15)9(16)7-6(8(10)11)12-4-17-7/h4,8H,2-3H2,1H3,(H,14,15). The molecule has 0 aliphatic heterocycles. The first kappa shape index (κ1) is 13.1. The van der Waals surface area contributed by atoms with Crippen molar-refractivity contribution >= 4 is 11.9 Å². The van der Waals surface area contributed by atoms with Crippen LogP contribution in [0.1, 0.15) is 29.1 Å². The van der Waals surface area contributed by atoms with E-state index in [2.05, 4.69) is 9.40 Å². The Morgan fingerprint density at radius 1 is 1.59 bits per heavy atom. The molecule has 8 heteroatoms. The average molecular weight is 248 g/mol. The minimum absolute atomic E-state index is 0.0997. The molecule has 0 aliphatic carbocycles. The number of alkyl halides is 2. The maximum Gasteiger partial charge on any atom is 0.305 e. The number of oxazole rings is 1. The fourth-order valence-electron chi connectivity index (χ4n) is 1.11. The maximum absolute atomic E-state index is 12.4. The number of aliphatic carboxylic acids is 1. The van der Waals surface area contributed by atoms with E-state index in [-0.39, 0.29) is 13.0 Å². The number of hydrogen-bond donors (Lipinski definition) is 1. The Morgan fingerprint density at radius 3 is 2.76 bits per heavy atom. The number of carbonyl (C=O) groups excluding carboxylic acids is 1. The minimum atomic E-state index is -2.92. The summed E-state index contributed by atoms with van der Waals surface area (Å²) in [6.45, 7) is -0.0997. The van der Waals surface area contributed by atoms with Gasteiger partial charge in [-0.15, -0.1) is 0 Å². The van der Waals surface area contributed by atoms with E-state index in [0.29, 0.717) is 0 Å². The highest BCUT2D eigenvalue weighted by molar-refractivity contribution is 5.92. The number of hydrogen-bond acceptors (Lipinski definition) is 4. The van der Waals surface area contributed by atoms with Crippen LogP contribution in [-0.2, 0) is 4.79 Å². The van der Waals surface area contributed by atoms with Gasteiger partial charge in [0.05, 0.1) is 6.42 Å². The predicted molar refractivity (Wildman–Crippen MR) is 50.7 cm³/mol. The fraction of sp³-hybridized carbons (Fsp3) is 0.444. The van der Waals surface area contributed by atoms with Crippen LogP contribution in [0.3, 0.4) is 0 Å². The molecule has 0 bridgehead atoms. The van der Waals surface area contributed by atoms with Crippen LogP contribution in [0.5, 0.6) is 0 Å². The number of nitrogens with zero attached hydrogens (tertiary/aromatic N) is 2. The van der Waals surface area contributed by atoms with Crippen LogP contribution in [0.15, 0.2) is 10.8 Å². The highest BCUT2D eigenvalue weighted by atomic mass is 19.3. The number of amides is 1. The van der Waals surface area contributed by atoms with Crippen LogP contribution in [0.25, 0.3) is 0 Å². The fourth-order valence-corrected chi connectivity index (χ4v) is 1.11. The Bertz CT molecular complexity index is 419. The van der Waals surface area contributed by atoms with E-state index >= 15 is 0 Å². The summed E-state index contributed by atoms with van der Waals surface area (Å²) in [4.78, 5) is 26.1. The van der Waals surface area contributed by atoms with Gasteiger partial charge in [0.25, 0.3) is 12.3 Å². The largest absolute Gasteiger partial charge is 0.481 e. The molecular formula is C9H10F2N2O4. The Morgan fingerprint density at radius 2 is 2.24 bits per heavy atom. The molecule has 1 N–H and O–H groups in total. The van der Waals surface area contributed by atoms with Crippen LogP contribution in [-0.4, -0.2) is 40.5 Å². The summed E-state index contributed by atoms with van der Waals surface area (Å²) in [5.74, 6) is -2.47. The zero-order valence-corrected chi connectivity index (χ0v) is 8.89. The van der Waals surface area contributed by atoms with E-state index in [4.69, 9.17) is 5.11 Å². The van der Waals surface area contributed by atoms with Crippen molar-refractivity contribution in [3.05, 3.63) is 17.8 Å². The third kappa shape index (κ3) is 3.23. The molecule has 0 radical (unpaired) electrons. The smallest absolute Gasteiger partial charge is 0.305 e. The topological polar surface area (TPSA) is 83.6 Å². The second kappa shape index (κ2) is 5.37. The third-order valence-electron chi connectivity index (χ3n) is 2.00. The normalized spacial score (nSPS) is 10.6. The molecule has 0 unspecified atom stereocenters. The second-order valence-corrected chi connectivity index (χ2v) is 3.24. The number of rotatable bonds is 5. The van der Waals surface area contributed by atoms with Crippen molar-refractivity contribution in [2.45, 2.75) is 12.8 Å². The lowest BCUT2D eigenvalue weighted by Crippen LogP contribution is -2.29. The summed E-state index contributed by atoms with van der Waals surface area (Å²) in [6.07, 6.45) is -2.44. The van der Waals surface area contributed by atoms with Gasteiger partial charge in [0, 0.05) is 13.6 Å². The summed E-state index contributed by atoms with van der Waals surface area (Å²) in [6, 6.07) is 0. The SMILES string of the molecule is CN(CCC(=O)O)C(=O)c1ocnc1C(F)F. The van der Waals surface area contributed by atoms with Gasteiger partial charge >= 0.3 is 5.97 Å². The van der Waals surface area contributed by atoms with Gasteiger partial charge in [0.1, 0.15) is 0 Å². The quantitative estimate of drug-likeness (QED) is 0.845. The number of carboxylic acids is 1. The van der Waals surface area contributed by atoms with Crippen molar-refractivity contribution in [1.82, 2.24) is 9.88 Å². The van der Waals surface area contributed by atoms with Crippen molar-refractivity contribution < 1.29 is 27.9 Å². The first-order valence-corrected chi connectivity index (χ1v) is 4.62. The molecule has 1 rings (SSSR count). The van der Waals surface area contributed by atoms with Crippen LogP contribution in [0.2, 0.25) is 0 Å². The molecule has 0 aromatic carbocycles. The lowest BCUT2D eigenvalue weighted by Gasteiger charge is -2.14. The summed E-state index contributed by atoms with van der Waals surface area (Å²) >= 11 is 0. The zero-order chi connectivity index (χ0) is 13.0. The van der Waals surface area contributed by atoms with Crippen LogP contribution < -0.4 is 0 Å². The van der Waals surface area contributed by atoms with Crippen molar-refractivity contribution in [2.75, 3.05) is 13.6 Å². The van der Waals surface area contributed by atoms with E-state index in [0.717, 1.165) is 11.3 Å². The first-order chi connectivity index (χ1) is 7.93. The van der Waals surface area contributed by atoms with Crippen molar-refractivity contribution in [2.24, 2.45) is 0 Å². The highest BCUT2D eigenvalue weighted by Crippen LogP contribution is 2.22. The number of carboxylic acid groups (broad SMARTS) is 1. The molecule has 1 aromatic heterocycles. The number of aromatic nitrogens is 1. The minimum Gasteiger partial charge on any atom is -0.481 e. The highest BCUT2D eigenvalue weighted by Gasteiger charge is 2.26. The van der Waals surface area contributed by atoms with Gasteiger partial charge in [-0.3, -0.25) is 9.59 Å². The van der Waals surface area contributed by atoms with Gasteiger partial charge in [-0.25, -0.2) is 13.8 Å². The molecule has 94 valence electrons. The van der Waals surface area contributed by atoms with Crippen LogP contribution in [0, 0.1) is 0 Å². The van der Waals surface area contributed by atoms with E-state index in [1.807, 2.05) is 0 Å². The van der Waals surface area contributed by atoms with Crippen molar-refractivity contribution in [3.8, 4) is 0 Å².